The van der Waals surface area contributed by atoms with Crippen LogP contribution in [-0.4, -0.2) is 33.5 Å². The number of benzene rings is 1. The zero-order valence-corrected chi connectivity index (χ0v) is 11.7. The summed E-state index contributed by atoms with van der Waals surface area (Å²) in [5, 5.41) is 13.9. The molecule has 0 saturated heterocycles. The highest BCUT2D eigenvalue weighted by Crippen LogP contribution is 2.22. The summed E-state index contributed by atoms with van der Waals surface area (Å²) < 4.78 is 5.04. The molecule has 1 N–H and O–H groups in total. The minimum Gasteiger partial charge on any atom is -0.467 e. The van der Waals surface area contributed by atoms with Gasteiger partial charge in [0.2, 0.25) is 5.95 Å². The van der Waals surface area contributed by atoms with Crippen LogP contribution >= 0.6 is 0 Å². The first kappa shape index (κ1) is 14.6. The number of nitro groups is 1. The van der Waals surface area contributed by atoms with Crippen LogP contribution in [0, 0.1) is 10.1 Å². The summed E-state index contributed by atoms with van der Waals surface area (Å²) in [7, 11) is 1.45. The Hall–Kier alpha value is -2.77. The molecule has 110 valence electrons. The van der Waals surface area contributed by atoms with E-state index in [9.17, 15) is 10.1 Å². The van der Waals surface area contributed by atoms with Crippen molar-refractivity contribution in [2.75, 3.05) is 19.0 Å². The number of non-ortho nitro benzene ring substituents is 1. The van der Waals surface area contributed by atoms with Crippen LogP contribution in [0.25, 0.3) is 11.4 Å². The number of hydrogen-bond acceptors (Lipinski definition) is 7. The SMILES string of the molecule is CCCNc1nc(OC)nc(-c2cccc([N+](=O)[O-])c2)n1. The third-order valence-electron chi connectivity index (χ3n) is 2.65. The lowest BCUT2D eigenvalue weighted by atomic mass is 10.2. The largest absolute Gasteiger partial charge is 0.467 e. The number of nitrogens with one attached hydrogen (secondary N) is 1. The van der Waals surface area contributed by atoms with Gasteiger partial charge in [0.25, 0.3) is 5.69 Å². The molecule has 1 aromatic heterocycles. The molecule has 2 rings (SSSR count). The van der Waals surface area contributed by atoms with Crippen LogP contribution < -0.4 is 10.1 Å². The fourth-order valence-corrected chi connectivity index (χ4v) is 1.65. The van der Waals surface area contributed by atoms with E-state index in [-0.39, 0.29) is 11.7 Å². The molecule has 0 amide bonds. The smallest absolute Gasteiger partial charge is 0.321 e. The van der Waals surface area contributed by atoms with Gasteiger partial charge >= 0.3 is 6.01 Å². The molecule has 8 nitrogen and oxygen atoms in total. The van der Waals surface area contributed by atoms with Crippen molar-refractivity contribution in [2.24, 2.45) is 0 Å². The van der Waals surface area contributed by atoms with Gasteiger partial charge in [0.15, 0.2) is 5.82 Å². The van der Waals surface area contributed by atoms with E-state index in [0.29, 0.717) is 23.9 Å². The summed E-state index contributed by atoms with van der Waals surface area (Å²) >= 11 is 0. The van der Waals surface area contributed by atoms with Crippen molar-refractivity contribution >= 4 is 11.6 Å². The van der Waals surface area contributed by atoms with Gasteiger partial charge in [0, 0.05) is 24.2 Å². The van der Waals surface area contributed by atoms with Crippen molar-refractivity contribution in [3.8, 4) is 17.4 Å². The van der Waals surface area contributed by atoms with E-state index in [0.717, 1.165) is 6.42 Å². The van der Waals surface area contributed by atoms with Crippen molar-refractivity contribution in [3.05, 3.63) is 34.4 Å². The summed E-state index contributed by atoms with van der Waals surface area (Å²) in [6.45, 7) is 2.73. The van der Waals surface area contributed by atoms with E-state index >= 15 is 0 Å². The zero-order chi connectivity index (χ0) is 15.2. The number of methoxy groups -OCH3 is 1. The second kappa shape index (κ2) is 6.60. The Kier molecular flexibility index (Phi) is 4.60. The van der Waals surface area contributed by atoms with Crippen LogP contribution in [0.2, 0.25) is 0 Å². The number of ether oxygens (including phenoxy) is 1. The molecule has 1 aromatic carbocycles. The molecule has 8 heteroatoms. The Morgan fingerprint density at radius 3 is 2.81 bits per heavy atom. The molecule has 0 aliphatic rings. The van der Waals surface area contributed by atoms with Gasteiger partial charge in [-0.25, -0.2) is 0 Å². The third kappa shape index (κ3) is 3.62. The van der Waals surface area contributed by atoms with E-state index in [1.165, 1.54) is 19.2 Å². The third-order valence-corrected chi connectivity index (χ3v) is 2.65. The standard InChI is InChI=1S/C13H15N5O3/c1-3-7-14-12-15-11(16-13(17-12)21-2)9-5-4-6-10(8-9)18(19)20/h4-6,8H,3,7H2,1-2H3,(H,14,15,16,17). The van der Waals surface area contributed by atoms with Crippen LogP contribution in [0.1, 0.15) is 13.3 Å². The van der Waals surface area contributed by atoms with Gasteiger partial charge in [-0.3, -0.25) is 10.1 Å². The maximum Gasteiger partial charge on any atom is 0.321 e. The van der Waals surface area contributed by atoms with Crippen LogP contribution in [0.5, 0.6) is 6.01 Å². The summed E-state index contributed by atoms with van der Waals surface area (Å²) in [5.74, 6) is 0.703. The molecular weight excluding hydrogens is 274 g/mol. The summed E-state index contributed by atoms with van der Waals surface area (Å²) in [4.78, 5) is 22.8. The fourth-order valence-electron chi connectivity index (χ4n) is 1.65. The summed E-state index contributed by atoms with van der Waals surface area (Å²) in [6, 6.07) is 6.27. The molecule has 0 radical (unpaired) electrons. The van der Waals surface area contributed by atoms with Gasteiger partial charge in [0.1, 0.15) is 0 Å². The average molecular weight is 289 g/mol. The summed E-state index contributed by atoms with van der Waals surface area (Å²) in [6.07, 6.45) is 0.917. The van der Waals surface area contributed by atoms with E-state index in [4.69, 9.17) is 4.74 Å². The van der Waals surface area contributed by atoms with E-state index in [1.54, 1.807) is 12.1 Å². The van der Waals surface area contributed by atoms with Crippen molar-refractivity contribution in [2.45, 2.75) is 13.3 Å². The lowest BCUT2D eigenvalue weighted by Gasteiger charge is -2.07. The Bertz CT molecular complexity index is 647. The molecule has 0 unspecified atom stereocenters. The molecule has 0 bridgehead atoms. The molecule has 0 aliphatic heterocycles. The second-order valence-corrected chi connectivity index (χ2v) is 4.20. The fraction of sp³-hybridized carbons (Fsp3) is 0.308. The Labute approximate surface area is 121 Å². The average Bonchev–Trinajstić information content (AvgIpc) is 2.52. The van der Waals surface area contributed by atoms with Crippen LogP contribution in [0.15, 0.2) is 24.3 Å². The predicted octanol–water partition coefficient (Wildman–Crippen LogP) is 2.28. The zero-order valence-electron chi connectivity index (χ0n) is 11.7. The highest BCUT2D eigenvalue weighted by atomic mass is 16.6. The maximum atomic E-state index is 10.8. The van der Waals surface area contributed by atoms with E-state index in [2.05, 4.69) is 20.3 Å². The van der Waals surface area contributed by atoms with Gasteiger partial charge in [0.05, 0.1) is 12.0 Å². The van der Waals surface area contributed by atoms with Crippen LogP contribution in [-0.2, 0) is 0 Å². The number of anilines is 1. The quantitative estimate of drug-likeness (QED) is 0.642. The van der Waals surface area contributed by atoms with Gasteiger partial charge in [-0.15, -0.1) is 0 Å². The lowest BCUT2D eigenvalue weighted by Crippen LogP contribution is -2.07. The van der Waals surface area contributed by atoms with Gasteiger partial charge in [-0.1, -0.05) is 19.1 Å². The van der Waals surface area contributed by atoms with Crippen LogP contribution in [0.3, 0.4) is 0 Å². The number of hydrogen-bond donors (Lipinski definition) is 1. The first-order chi connectivity index (χ1) is 10.1. The molecule has 0 saturated carbocycles. The van der Waals surface area contributed by atoms with Crippen molar-refractivity contribution < 1.29 is 9.66 Å². The number of aromatic nitrogens is 3. The number of rotatable bonds is 6. The van der Waals surface area contributed by atoms with Crippen LogP contribution in [0.4, 0.5) is 11.6 Å². The van der Waals surface area contributed by atoms with Gasteiger partial charge in [-0.05, 0) is 6.42 Å². The van der Waals surface area contributed by atoms with Gasteiger partial charge in [-0.2, -0.15) is 15.0 Å². The first-order valence-electron chi connectivity index (χ1n) is 6.42. The number of nitrogens with zero attached hydrogens (tertiary/aromatic N) is 4. The topological polar surface area (TPSA) is 103 Å². The van der Waals surface area contributed by atoms with Crippen molar-refractivity contribution in [3.63, 3.8) is 0 Å². The van der Waals surface area contributed by atoms with E-state index < -0.39 is 4.92 Å². The molecule has 0 aliphatic carbocycles. The Balaban J connectivity index is 2.42. The maximum absolute atomic E-state index is 10.8. The molecule has 1 heterocycles. The highest BCUT2D eigenvalue weighted by molar-refractivity contribution is 5.60. The van der Waals surface area contributed by atoms with Crippen molar-refractivity contribution in [1.82, 2.24) is 15.0 Å². The minimum atomic E-state index is -0.460. The Morgan fingerprint density at radius 1 is 1.33 bits per heavy atom. The Morgan fingerprint density at radius 2 is 2.14 bits per heavy atom. The van der Waals surface area contributed by atoms with Gasteiger partial charge < -0.3 is 10.1 Å². The minimum absolute atomic E-state index is 0.0186. The van der Waals surface area contributed by atoms with Crippen molar-refractivity contribution in [1.29, 1.82) is 0 Å². The highest BCUT2D eigenvalue weighted by Gasteiger charge is 2.12. The van der Waals surface area contributed by atoms with E-state index in [1.807, 2.05) is 6.92 Å². The molecule has 0 spiro atoms. The molecule has 21 heavy (non-hydrogen) atoms. The molecule has 0 atom stereocenters. The second-order valence-electron chi connectivity index (χ2n) is 4.20. The first-order valence-corrected chi connectivity index (χ1v) is 6.42. The normalized spacial score (nSPS) is 10.2. The summed E-state index contributed by atoms with van der Waals surface area (Å²) in [5.41, 5.74) is 0.513. The monoisotopic (exact) mass is 289 g/mol. The molecule has 2 aromatic rings. The molecular formula is C13H15N5O3. The lowest BCUT2D eigenvalue weighted by molar-refractivity contribution is -0.384. The predicted molar refractivity (Wildman–Crippen MR) is 77.3 cm³/mol. The molecule has 0 fully saturated rings. The number of nitro benzene ring substituents is 1.